The molecule has 0 aliphatic heterocycles. The first-order valence-electron chi connectivity index (χ1n) is 9.07. The molecule has 0 spiro atoms. The Morgan fingerprint density at radius 1 is 1.29 bits per heavy atom. The smallest absolute Gasteiger partial charge is 0.0184 e. The van der Waals surface area contributed by atoms with Gasteiger partial charge in [-0.15, -0.1) is 0 Å². The normalized spacial score (nSPS) is 29.1. The minimum Gasteiger partial charge on any atom is -0.295 e. The second-order valence-electron chi connectivity index (χ2n) is 9.05. The van der Waals surface area contributed by atoms with Gasteiger partial charge in [-0.3, -0.25) is 4.90 Å². The third-order valence-electron chi connectivity index (χ3n) is 6.16. The van der Waals surface area contributed by atoms with Crippen molar-refractivity contribution in [1.29, 1.82) is 0 Å². The summed E-state index contributed by atoms with van der Waals surface area (Å²) in [7, 11) is 0. The van der Waals surface area contributed by atoms with E-state index in [0.717, 1.165) is 11.8 Å². The predicted octanol–water partition coefficient (Wildman–Crippen LogP) is 5.66. The average molecular weight is 292 g/mol. The van der Waals surface area contributed by atoms with Gasteiger partial charge in [0.05, 0.1) is 0 Å². The molecule has 0 aromatic carbocycles. The van der Waals surface area contributed by atoms with Gasteiger partial charge in [-0.2, -0.15) is 0 Å². The summed E-state index contributed by atoms with van der Waals surface area (Å²) in [6.07, 6.45) is 9.38. The van der Waals surface area contributed by atoms with Crippen molar-refractivity contribution in [3.8, 4) is 0 Å². The molecule has 0 aromatic rings. The highest BCUT2D eigenvalue weighted by Gasteiger charge is 2.52. The molecule has 0 N–H and O–H groups in total. The van der Waals surface area contributed by atoms with Crippen molar-refractivity contribution >= 4 is 0 Å². The number of allylic oxidation sites excluding steroid dienone is 2. The number of hydrogen-bond acceptors (Lipinski definition) is 1. The summed E-state index contributed by atoms with van der Waals surface area (Å²) in [6, 6.07) is 0.670. The molecule has 2 fully saturated rings. The lowest BCUT2D eigenvalue weighted by Crippen LogP contribution is -2.50. The molecule has 2 atom stereocenters. The van der Waals surface area contributed by atoms with Crippen LogP contribution in [0, 0.1) is 17.3 Å². The monoisotopic (exact) mass is 291 g/mol. The standard InChI is InChI=1S/C20H37N/c1-15(2)9-8-12-20(7)13-18(20)14-21(16(3)4)19(5,6)17-10-11-17/h9,16-18H,8,10-14H2,1-7H3. The maximum Gasteiger partial charge on any atom is 0.0184 e. The highest BCUT2D eigenvalue weighted by molar-refractivity contribution is 5.05. The molecular weight excluding hydrogens is 254 g/mol. The first-order chi connectivity index (χ1) is 9.67. The van der Waals surface area contributed by atoms with Gasteiger partial charge in [-0.05, 0) is 90.9 Å². The van der Waals surface area contributed by atoms with E-state index in [1.807, 2.05) is 0 Å². The van der Waals surface area contributed by atoms with Crippen LogP contribution in [0.15, 0.2) is 11.6 Å². The molecule has 0 heterocycles. The fraction of sp³-hybridized carbons (Fsp3) is 0.900. The second kappa shape index (κ2) is 6.07. The van der Waals surface area contributed by atoms with Gasteiger partial charge in [0.1, 0.15) is 0 Å². The Kier molecular flexibility index (Phi) is 4.93. The Morgan fingerprint density at radius 3 is 2.38 bits per heavy atom. The molecule has 0 saturated heterocycles. The molecule has 1 nitrogen and oxygen atoms in total. The topological polar surface area (TPSA) is 3.24 Å². The lowest BCUT2D eigenvalue weighted by molar-refractivity contribution is 0.0563. The van der Waals surface area contributed by atoms with Crippen LogP contribution >= 0.6 is 0 Å². The Morgan fingerprint density at radius 2 is 1.90 bits per heavy atom. The Hall–Kier alpha value is -0.300. The first-order valence-corrected chi connectivity index (χ1v) is 9.07. The molecule has 1 heteroatoms. The molecule has 2 aliphatic carbocycles. The van der Waals surface area contributed by atoms with Crippen LogP contribution in [0.5, 0.6) is 0 Å². The predicted molar refractivity (Wildman–Crippen MR) is 93.5 cm³/mol. The highest BCUT2D eigenvalue weighted by atomic mass is 15.2. The van der Waals surface area contributed by atoms with Crippen LogP contribution in [0.3, 0.4) is 0 Å². The van der Waals surface area contributed by atoms with E-state index in [0.29, 0.717) is 17.0 Å². The SMILES string of the molecule is CC(C)=CCCC1(C)CC1CN(C(C)C)C(C)(C)C1CC1. The zero-order chi connectivity index (χ0) is 15.8. The largest absolute Gasteiger partial charge is 0.295 e. The summed E-state index contributed by atoms with van der Waals surface area (Å²) in [5.74, 6) is 1.86. The van der Waals surface area contributed by atoms with E-state index in [1.54, 1.807) is 0 Å². The van der Waals surface area contributed by atoms with Gasteiger partial charge in [-0.1, -0.05) is 18.6 Å². The Bertz CT molecular complexity index is 385. The number of nitrogens with zero attached hydrogens (tertiary/aromatic N) is 1. The average Bonchev–Trinajstić information content (AvgIpc) is 3.21. The van der Waals surface area contributed by atoms with Crippen LogP contribution in [0.1, 0.15) is 80.6 Å². The molecule has 21 heavy (non-hydrogen) atoms. The molecule has 0 aromatic heterocycles. The molecule has 0 bridgehead atoms. The van der Waals surface area contributed by atoms with E-state index < -0.39 is 0 Å². The molecule has 2 aliphatic rings. The molecular formula is C20H37N. The first kappa shape index (κ1) is 17.1. The fourth-order valence-corrected chi connectivity index (χ4v) is 4.16. The minimum absolute atomic E-state index is 0.400. The third-order valence-corrected chi connectivity index (χ3v) is 6.16. The summed E-state index contributed by atoms with van der Waals surface area (Å²) in [6.45, 7) is 18.0. The maximum absolute atomic E-state index is 2.81. The summed E-state index contributed by atoms with van der Waals surface area (Å²) < 4.78 is 0. The fourth-order valence-electron chi connectivity index (χ4n) is 4.16. The quantitative estimate of drug-likeness (QED) is 0.522. The van der Waals surface area contributed by atoms with Crippen LogP contribution in [-0.2, 0) is 0 Å². The van der Waals surface area contributed by atoms with E-state index in [2.05, 4.69) is 59.4 Å². The van der Waals surface area contributed by atoms with Crippen molar-refractivity contribution in [3.05, 3.63) is 11.6 Å². The lowest BCUT2D eigenvalue weighted by atomic mass is 9.92. The highest BCUT2D eigenvalue weighted by Crippen LogP contribution is 2.57. The van der Waals surface area contributed by atoms with Gasteiger partial charge in [0, 0.05) is 18.1 Å². The van der Waals surface area contributed by atoms with Crippen molar-refractivity contribution in [1.82, 2.24) is 4.90 Å². The zero-order valence-corrected chi connectivity index (χ0v) is 15.5. The van der Waals surface area contributed by atoms with E-state index in [9.17, 15) is 0 Å². The van der Waals surface area contributed by atoms with Crippen LogP contribution in [-0.4, -0.2) is 23.0 Å². The minimum atomic E-state index is 0.400. The van der Waals surface area contributed by atoms with Gasteiger partial charge in [0.15, 0.2) is 0 Å². The van der Waals surface area contributed by atoms with E-state index in [-0.39, 0.29) is 0 Å². The molecule has 0 radical (unpaired) electrons. The van der Waals surface area contributed by atoms with Gasteiger partial charge < -0.3 is 0 Å². The van der Waals surface area contributed by atoms with Gasteiger partial charge >= 0.3 is 0 Å². The van der Waals surface area contributed by atoms with Crippen molar-refractivity contribution in [2.24, 2.45) is 17.3 Å². The van der Waals surface area contributed by atoms with E-state index in [4.69, 9.17) is 0 Å². The zero-order valence-electron chi connectivity index (χ0n) is 15.5. The second-order valence-corrected chi connectivity index (χ2v) is 9.05. The number of rotatable bonds is 8. The van der Waals surface area contributed by atoms with Crippen LogP contribution < -0.4 is 0 Å². The summed E-state index contributed by atoms with van der Waals surface area (Å²) in [5, 5.41) is 0. The lowest BCUT2D eigenvalue weighted by Gasteiger charge is -2.42. The Balaban J connectivity index is 1.89. The summed E-state index contributed by atoms with van der Waals surface area (Å²) >= 11 is 0. The van der Waals surface area contributed by atoms with Crippen molar-refractivity contribution in [2.75, 3.05) is 6.54 Å². The molecule has 2 rings (SSSR count). The number of hydrogen-bond donors (Lipinski definition) is 0. The van der Waals surface area contributed by atoms with Gasteiger partial charge in [0.2, 0.25) is 0 Å². The maximum atomic E-state index is 2.81. The van der Waals surface area contributed by atoms with E-state index in [1.165, 1.54) is 44.2 Å². The molecule has 2 saturated carbocycles. The van der Waals surface area contributed by atoms with Crippen LogP contribution in [0.25, 0.3) is 0 Å². The third kappa shape index (κ3) is 4.12. The molecule has 2 unspecified atom stereocenters. The molecule has 122 valence electrons. The van der Waals surface area contributed by atoms with E-state index >= 15 is 0 Å². The van der Waals surface area contributed by atoms with Crippen molar-refractivity contribution < 1.29 is 0 Å². The van der Waals surface area contributed by atoms with Gasteiger partial charge in [0.25, 0.3) is 0 Å². The van der Waals surface area contributed by atoms with Gasteiger partial charge in [-0.25, -0.2) is 0 Å². The van der Waals surface area contributed by atoms with Crippen molar-refractivity contribution in [3.63, 3.8) is 0 Å². The molecule has 0 amide bonds. The van der Waals surface area contributed by atoms with Crippen LogP contribution in [0.2, 0.25) is 0 Å². The Labute approximate surface area is 133 Å². The summed E-state index contributed by atoms with van der Waals surface area (Å²) in [5.41, 5.74) is 2.48. The van der Waals surface area contributed by atoms with Crippen molar-refractivity contribution in [2.45, 2.75) is 92.2 Å². The summed E-state index contributed by atoms with van der Waals surface area (Å²) in [4.78, 5) is 2.81. The van der Waals surface area contributed by atoms with Crippen LogP contribution in [0.4, 0.5) is 0 Å².